The van der Waals surface area contributed by atoms with Crippen molar-refractivity contribution >= 4 is 11.9 Å². The minimum atomic E-state index is -0.513. The largest absolute Gasteiger partial charge is 0.378 e. The van der Waals surface area contributed by atoms with E-state index in [2.05, 4.69) is 5.32 Å². The molecule has 7 heteroatoms. The van der Waals surface area contributed by atoms with Crippen molar-refractivity contribution in [3.05, 3.63) is 0 Å². The number of carbonyl (C=O) groups is 2. The highest BCUT2D eigenvalue weighted by atomic mass is 16.5. The van der Waals surface area contributed by atoms with E-state index in [1.807, 2.05) is 0 Å². The van der Waals surface area contributed by atoms with Crippen LogP contribution in [0, 0.1) is 0 Å². The zero-order valence-electron chi connectivity index (χ0n) is 8.31. The van der Waals surface area contributed by atoms with Crippen molar-refractivity contribution in [1.29, 1.82) is 0 Å². The quantitative estimate of drug-likeness (QED) is 0.395. The molecule has 3 N–H and O–H groups in total. The van der Waals surface area contributed by atoms with Crippen LogP contribution < -0.4 is 11.2 Å². The van der Waals surface area contributed by atoms with Gasteiger partial charge in [0, 0.05) is 13.1 Å². The Morgan fingerprint density at radius 3 is 2.67 bits per heavy atom. The van der Waals surface area contributed by atoms with Crippen LogP contribution in [0.4, 0.5) is 4.79 Å². The summed E-state index contributed by atoms with van der Waals surface area (Å²) in [6, 6.07) is -0.915. The van der Waals surface area contributed by atoms with E-state index in [0.29, 0.717) is 26.3 Å². The van der Waals surface area contributed by atoms with Crippen molar-refractivity contribution in [3.63, 3.8) is 0 Å². The molecular formula is C8H14N4O3. The second kappa shape index (κ2) is 4.03. The molecule has 15 heavy (non-hydrogen) atoms. The first-order valence-electron chi connectivity index (χ1n) is 4.88. The predicted molar refractivity (Wildman–Crippen MR) is 50.6 cm³/mol. The lowest BCUT2D eigenvalue weighted by Crippen LogP contribution is -2.49. The lowest BCUT2D eigenvalue weighted by molar-refractivity contribution is -0.136. The molecule has 1 atom stereocenters. The third-order valence-electron chi connectivity index (χ3n) is 2.56. The summed E-state index contributed by atoms with van der Waals surface area (Å²) >= 11 is 0. The molecule has 0 spiro atoms. The Hall–Kier alpha value is -1.34. The Balaban J connectivity index is 1.93. The molecule has 0 aromatic carbocycles. The number of hydrogen-bond acceptors (Lipinski definition) is 4. The van der Waals surface area contributed by atoms with Gasteiger partial charge in [-0.2, -0.15) is 0 Å². The predicted octanol–water partition coefficient (Wildman–Crippen LogP) is -1.89. The van der Waals surface area contributed by atoms with Crippen LogP contribution in [-0.2, 0) is 9.53 Å². The second-order valence-corrected chi connectivity index (χ2v) is 3.59. The number of urea groups is 1. The molecule has 0 bridgehead atoms. The minimum Gasteiger partial charge on any atom is -0.378 e. The molecule has 2 fully saturated rings. The second-order valence-electron chi connectivity index (χ2n) is 3.59. The Labute approximate surface area is 87.1 Å². The van der Waals surface area contributed by atoms with Gasteiger partial charge in [0.15, 0.2) is 0 Å². The van der Waals surface area contributed by atoms with E-state index >= 15 is 0 Å². The zero-order valence-corrected chi connectivity index (χ0v) is 8.31. The van der Waals surface area contributed by atoms with Gasteiger partial charge < -0.3 is 15.0 Å². The van der Waals surface area contributed by atoms with Gasteiger partial charge in [0.05, 0.1) is 19.8 Å². The molecule has 84 valence electrons. The molecule has 2 saturated heterocycles. The molecule has 3 amide bonds. The van der Waals surface area contributed by atoms with Crippen LogP contribution in [0.2, 0.25) is 0 Å². The SMILES string of the molecule is NN1C[C@H](C(=O)N2CCOCC2)NC1=O. The summed E-state index contributed by atoms with van der Waals surface area (Å²) in [5.74, 6) is 5.28. The van der Waals surface area contributed by atoms with Crippen LogP contribution in [0.3, 0.4) is 0 Å². The number of ether oxygens (including phenoxy) is 1. The van der Waals surface area contributed by atoms with Gasteiger partial charge >= 0.3 is 6.03 Å². The molecule has 2 aliphatic rings. The van der Waals surface area contributed by atoms with Gasteiger partial charge in [-0.25, -0.2) is 10.6 Å². The number of carbonyl (C=O) groups excluding carboxylic acids is 2. The van der Waals surface area contributed by atoms with E-state index in [0.717, 1.165) is 5.01 Å². The highest BCUT2D eigenvalue weighted by Gasteiger charge is 2.34. The van der Waals surface area contributed by atoms with E-state index in [-0.39, 0.29) is 12.5 Å². The maximum atomic E-state index is 11.9. The summed E-state index contributed by atoms with van der Waals surface area (Å²) in [4.78, 5) is 24.6. The third-order valence-corrected chi connectivity index (χ3v) is 2.56. The van der Waals surface area contributed by atoms with Gasteiger partial charge in [-0.3, -0.25) is 9.80 Å². The van der Waals surface area contributed by atoms with Gasteiger partial charge in [0.1, 0.15) is 6.04 Å². The van der Waals surface area contributed by atoms with Gasteiger partial charge in [0.25, 0.3) is 0 Å². The summed E-state index contributed by atoms with van der Waals surface area (Å²) < 4.78 is 5.14. The van der Waals surface area contributed by atoms with Crippen molar-refractivity contribution in [2.75, 3.05) is 32.8 Å². The molecule has 0 aromatic rings. The number of rotatable bonds is 1. The number of morpholine rings is 1. The fraction of sp³-hybridized carbons (Fsp3) is 0.750. The summed E-state index contributed by atoms with van der Waals surface area (Å²) in [7, 11) is 0. The Morgan fingerprint density at radius 2 is 2.13 bits per heavy atom. The number of hydrazine groups is 1. The topological polar surface area (TPSA) is 87.9 Å². The van der Waals surface area contributed by atoms with E-state index in [1.54, 1.807) is 4.90 Å². The Kier molecular flexibility index (Phi) is 2.74. The Bertz CT molecular complexity index is 277. The highest BCUT2D eigenvalue weighted by molar-refractivity contribution is 5.90. The maximum Gasteiger partial charge on any atom is 0.332 e. The lowest BCUT2D eigenvalue weighted by Gasteiger charge is -2.28. The van der Waals surface area contributed by atoms with Crippen molar-refractivity contribution < 1.29 is 14.3 Å². The maximum absolute atomic E-state index is 11.9. The molecule has 2 rings (SSSR count). The Morgan fingerprint density at radius 1 is 1.47 bits per heavy atom. The molecule has 0 aromatic heterocycles. The first-order chi connectivity index (χ1) is 7.18. The molecule has 7 nitrogen and oxygen atoms in total. The van der Waals surface area contributed by atoms with Crippen LogP contribution in [0.25, 0.3) is 0 Å². The molecular weight excluding hydrogens is 200 g/mol. The van der Waals surface area contributed by atoms with E-state index in [1.165, 1.54) is 0 Å². The smallest absolute Gasteiger partial charge is 0.332 e. The van der Waals surface area contributed by atoms with Crippen molar-refractivity contribution in [2.45, 2.75) is 6.04 Å². The number of nitrogens with zero attached hydrogens (tertiary/aromatic N) is 2. The van der Waals surface area contributed by atoms with Crippen LogP contribution in [0.15, 0.2) is 0 Å². The number of nitrogens with two attached hydrogens (primary N) is 1. The lowest BCUT2D eigenvalue weighted by atomic mass is 10.2. The fourth-order valence-corrected chi connectivity index (χ4v) is 1.70. The molecule has 2 heterocycles. The standard InChI is InChI=1S/C8H14N4O3/c9-12-5-6(10-8(12)14)7(13)11-1-3-15-4-2-11/h6H,1-5,9H2,(H,10,14)/t6-/m1/s1. The van der Waals surface area contributed by atoms with Crippen molar-refractivity contribution in [2.24, 2.45) is 5.84 Å². The van der Waals surface area contributed by atoms with Gasteiger partial charge in [-0.1, -0.05) is 0 Å². The third kappa shape index (κ3) is 2.02. The molecule has 2 aliphatic heterocycles. The minimum absolute atomic E-state index is 0.0837. The summed E-state index contributed by atoms with van der Waals surface area (Å²) in [5.41, 5.74) is 0. The zero-order chi connectivity index (χ0) is 10.8. The van der Waals surface area contributed by atoms with Crippen molar-refractivity contribution in [1.82, 2.24) is 15.2 Å². The van der Waals surface area contributed by atoms with E-state index in [4.69, 9.17) is 10.6 Å². The van der Waals surface area contributed by atoms with E-state index < -0.39 is 12.1 Å². The average Bonchev–Trinajstić information content (AvgIpc) is 2.59. The number of amides is 3. The summed E-state index contributed by atoms with van der Waals surface area (Å²) in [6.07, 6.45) is 0. The van der Waals surface area contributed by atoms with Gasteiger partial charge in [-0.15, -0.1) is 0 Å². The van der Waals surface area contributed by atoms with Crippen LogP contribution in [0.5, 0.6) is 0 Å². The average molecular weight is 214 g/mol. The van der Waals surface area contributed by atoms with Crippen LogP contribution in [-0.4, -0.2) is 60.7 Å². The molecule has 0 saturated carbocycles. The molecule has 0 aliphatic carbocycles. The highest BCUT2D eigenvalue weighted by Crippen LogP contribution is 2.05. The van der Waals surface area contributed by atoms with Gasteiger partial charge in [0.2, 0.25) is 5.91 Å². The number of hydrogen-bond donors (Lipinski definition) is 2. The van der Waals surface area contributed by atoms with Crippen LogP contribution >= 0.6 is 0 Å². The molecule has 0 radical (unpaired) electrons. The van der Waals surface area contributed by atoms with Gasteiger partial charge in [-0.05, 0) is 0 Å². The summed E-state index contributed by atoms with van der Waals surface area (Å²) in [6.45, 7) is 2.50. The monoisotopic (exact) mass is 214 g/mol. The molecule has 0 unspecified atom stereocenters. The summed E-state index contributed by atoms with van der Waals surface area (Å²) in [5, 5.41) is 3.55. The number of nitrogens with one attached hydrogen (secondary N) is 1. The van der Waals surface area contributed by atoms with Crippen molar-refractivity contribution in [3.8, 4) is 0 Å². The van der Waals surface area contributed by atoms with Crippen LogP contribution in [0.1, 0.15) is 0 Å². The van der Waals surface area contributed by atoms with E-state index in [9.17, 15) is 9.59 Å². The normalized spacial score (nSPS) is 26.7. The first kappa shape index (κ1) is 10.2. The fourth-order valence-electron chi connectivity index (χ4n) is 1.70. The first-order valence-corrected chi connectivity index (χ1v) is 4.88.